The van der Waals surface area contributed by atoms with E-state index in [1.54, 1.807) is 0 Å². The van der Waals surface area contributed by atoms with Crippen LogP contribution in [0.3, 0.4) is 0 Å². The average molecular weight is 413 g/mol. The highest BCUT2D eigenvalue weighted by Crippen LogP contribution is 2.36. The molecule has 0 aliphatic carbocycles. The first-order valence-electron chi connectivity index (χ1n) is 6.91. The molecule has 0 amide bonds. The van der Waals surface area contributed by atoms with Gasteiger partial charge in [-0.3, -0.25) is 0 Å². The Morgan fingerprint density at radius 2 is 1.33 bits per heavy atom. The molecule has 2 aromatic rings. The van der Waals surface area contributed by atoms with E-state index in [-0.39, 0.29) is 6.04 Å². The molecule has 0 saturated heterocycles. The Morgan fingerprint density at radius 1 is 0.857 bits per heavy atom. The van der Waals surface area contributed by atoms with Crippen molar-refractivity contribution < 1.29 is 4.74 Å². The summed E-state index contributed by atoms with van der Waals surface area (Å²) in [6, 6.07) is 11.9. The van der Waals surface area contributed by atoms with E-state index in [9.17, 15) is 0 Å². The van der Waals surface area contributed by atoms with Crippen molar-refractivity contribution in [1.29, 1.82) is 0 Å². The summed E-state index contributed by atoms with van der Waals surface area (Å²) >= 11 is 7.00. The van der Waals surface area contributed by atoms with Crippen molar-refractivity contribution in [3.63, 3.8) is 0 Å². The first kappa shape index (κ1) is 16.5. The smallest absolute Gasteiger partial charge is 0.132 e. The van der Waals surface area contributed by atoms with Crippen LogP contribution in [0.5, 0.6) is 11.5 Å². The van der Waals surface area contributed by atoms with E-state index >= 15 is 0 Å². The largest absolute Gasteiger partial charge is 0.457 e. The molecule has 2 nitrogen and oxygen atoms in total. The van der Waals surface area contributed by atoms with Crippen LogP contribution in [0.25, 0.3) is 0 Å². The zero-order valence-corrected chi connectivity index (χ0v) is 15.5. The molecule has 0 aromatic heterocycles. The lowest BCUT2D eigenvalue weighted by Crippen LogP contribution is -2.07. The Balaban J connectivity index is 2.43. The van der Waals surface area contributed by atoms with E-state index in [4.69, 9.17) is 10.5 Å². The molecule has 21 heavy (non-hydrogen) atoms. The maximum absolute atomic E-state index is 6.15. The van der Waals surface area contributed by atoms with Crippen molar-refractivity contribution >= 4 is 31.9 Å². The van der Waals surface area contributed by atoms with E-state index in [2.05, 4.69) is 51.8 Å². The van der Waals surface area contributed by atoms with Crippen LogP contribution >= 0.6 is 31.9 Å². The molecule has 4 heteroatoms. The summed E-state index contributed by atoms with van der Waals surface area (Å²) < 4.78 is 8.21. The van der Waals surface area contributed by atoms with Gasteiger partial charge in [0.2, 0.25) is 0 Å². The lowest BCUT2D eigenvalue weighted by molar-refractivity contribution is 0.463. The van der Waals surface area contributed by atoms with Gasteiger partial charge in [0.25, 0.3) is 0 Å². The third-order valence-corrected chi connectivity index (χ3v) is 4.26. The molecule has 0 saturated carbocycles. The lowest BCUT2D eigenvalue weighted by Gasteiger charge is -2.18. The highest BCUT2D eigenvalue weighted by Gasteiger charge is 2.14. The fraction of sp³-hybridized carbons (Fsp3) is 0.294. The molecule has 0 radical (unpaired) electrons. The van der Waals surface area contributed by atoms with Crippen LogP contribution in [0, 0.1) is 0 Å². The van der Waals surface area contributed by atoms with Crippen molar-refractivity contribution in [3.8, 4) is 11.5 Å². The van der Waals surface area contributed by atoms with E-state index in [1.807, 2.05) is 37.3 Å². The Morgan fingerprint density at radius 3 is 1.81 bits per heavy atom. The molecule has 0 bridgehead atoms. The SMILES string of the molecule is CC(C)c1cc(Br)ccc1Oc1ccc(Br)cc1C(C)N. The van der Waals surface area contributed by atoms with Crippen LogP contribution in [-0.2, 0) is 0 Å². The first-order valence-corrected chi connectivity index (χ1v) is 8.49. The summed E-state index contributed by atoms with van der Waals surface area (Å²) in [7, 11) is 0. The summed E-state index contributed by atoms with van der Waals surface area (Å²) in [6.45, 7) is 6.27. The predicted molar refractivity (Wildman–Crippen MR) is 95.0 cm³/mol. The molecule has 2 aromatic carbocycles. The predicted octanol–water partition coefficient (Wildman–Crippen LogP) is 6.15. The number of hydrogen-bond acceptors (Lipinski definition) is 2. The molecule has 1 unspecified atom stereocenters. The summed E-state index contributed by atoms with van der Waals surface area (Å²) in [6.07, 6.45) is 0. The number of rotatable bonds is 4. The molecule has 0 fully saturated rings. The average Bonchev–Trinajstić information content (AvgIpc) is 2.42. The number of benzene rings is 2. The third kappa shape index (κ3) is 4.09. The third-order valence-electron chi connectivity index (χ3n) is 3.28. The van der Waals surface area contributed by atoms with Crippen LogP contribution in [-0.4, -0.2) is 0 Å². The van der Waals surface area contributed by atoms with E-state index in [0.29, 0.717) is 5.92 Å². The summed E-state index contributed by atoms with van der Waals surface area (Å²) in [4.78, 5) is 0. The van der Waals surface area contributed by atoms with Gasteiger partial charge in [0.05, 0.1) is 0 Å². The van der Waals surface area contributed by atoms with Gasteiger partial charge >= 0.3 is 0 Å². The van der Waals surface area contributed by atoms with Crippen LogP contribution in [0.2, 0.25) is 0 Å². The van der Waals surface area contributed by atoms with E-state index in [0.717, 1.165) is 26.0 Å². The molecule has 1 atom stereocenters. The Kier molecular flexibility index (Phi) is 5.47. The Bertz CT molecular complexity index is 583. The lowest BCUT2D eigenvalue weighted by atomic mass is 10.0. The fourth-order valence-corrected chi connectivity index (χ4v) is 2.91. The topological polar surface area (TPSA) is 35.2 Å². The summed E-state index contributed by atoms with van der Waals surface area (Å²) in [5, 5.41) is 0. The standard InChI is InChI=1S/C17H19Br2NO/c1-10(2)14-8-12(18)4-6-16(14)21-17-7-5-13(19)9-15(17)11(3)20/h4-11H,20H2,1-3H3. The minimum absolute atomic E-state index is 0.0875. The number of hydrogen-bond donors (Lipinski definition) is 1. The Hall–Kier alpha value is -0.840. The highest BCUT2D eigenvalue weighted by molar-refractivity contribution is 9.10. The second-order valence-electron chi connectivity index (χ2n) is 5.41. The molecular weight excluding hydrogens is 394 g/mol. The minimum atomic E-state index is -0.0875. The van der Waals surface area contributed by atoms with Crippen LogP contribution in [0.4, 0.5) is 0 Å². The van der Waals surface area contributed by atoms with E-state index in [1.165, 1.54) is 5.56 Å². The molecule has 2 N–H and O–H groups in total. The number of halogens is 2. The molecule has 2 rings (SSSR count). The Labute approximate surface area is 143 Å². The van der Waals surface area contributed by atoms with Crippen LogP contribution in [0.1, 0.15) is 43.9 Å². The van der Waals surface area contributed by atoms with Crippen molar-refractivity contribution in [2.45, 2.75) is 32.7 Å². The zero-order chi connectivity index (χ0) is 15.6. The second kappa shape index (κ2) is 6.95. The van der Waals surface area contributed by atoms with Gasteiger partial charge in [-0.05, 0) is 54.8 Å². The van der Waals surface area contributed by atoms with Crippen LogP contribution < -0.4 is 10.5 Å². The zero-order valence-electron chi connectivity index (χ0n) is 12.4. The van der Waals surface area contributed by atoms with Crippen molar-refractivity contribution in [2.24, 2.45) is 5.73 Å². The van der Waals surface area contributed by atoms with E-state index < -0.39 is 0 Å². The number of ether oxygens (including phenoxy) is 1. The van der Waals surface area contributed by atoms with Gasteiger partial charge in [0.1, 0.15) is 11.5 Å². The van der Waals surface area contributed by atoms with Gasteiger partial charge in [0.15, 0.2) is 0 Å². The molecule has 0 aliphatic rings. The maximum atomic E-state index is 6.15. The van der Waals surface area contributed by atoms with Gasteiger partial charge in [-0.1, -0.05) is 45.7 Å². The first-order chi connectivity index (χ1) is 9.88. The molecule has 0 aliphatic heterocycles. The number of nitrogens with two attached hydrogens (primary N) is 1. The minimum Gasteiger partial charge on any atom is -0.457 e. The van der Waals surface area contributed by atoms with Crippen molar-refractivity contribution in [3.05, 3.63) is 56.5 Å². The summed E-state index contributed by atoms with van der Waals surface area (Å²) in [5.41, 5.74) is 8.21. The monoisotopic (exact) mass is 411 g/mol. The quantitative estimate of drug-likeness (QED) is 0.653. The van der Waals surface area contributed by atoms with Gasteiger partial charge < -0.3 is 10.5 Å². The van der Waals surface area contributed by atoms with Gasteiger partial charge in [-0.2, -0.15) is 0 Å². The second-order valence-corrected chi connectivity index (χ2v) is 7.24. The highest BCUT2D eigenvalue weighted by atomic mass is 79.9. The van der Waals surface area contributed by atoms with Crippen molar-refractivity contribution in [1.82, 2.24) is 0 Å². The molecule has 112 valence electrons. The fourth-order valence-electron chi connectivity index (χ4n) is 2.15. The normalized spacial score (nSPS) is 12.5. The molecule has 0 spiro atoms. The summed E-state index contributed by atoms with van der Waals surface area (Å²) in [5.74, 6) is 2.06. The van der Waals surface area contributed by atoms with Crippen LogP contribution in [0.15, 0.2) is 45.3 Å². The van der Waals surface area contributed by atoms with Crippen molar-refractivity contribution in [2.75, 3.05) is 0 Å². The maximum Gasteiger partial charge on any atom is 0.132 e. The molecule has 0 heterocycles. The van der Waals surface area contributed by atoms with Gasteiger partial charge in [-0.25, -0.2) is 0 Å². The molecular formula is C17H19Br2NO. The van der Waals surface area contributed by atoms with Gasteiger partial charge in [-0.15, -0.1) is 0 Å². The van der Waals surface area contributed by atoms with Gasteiger partial charge in [0, 0.05) is 20.6 Å².